The average molecular weight is 339 g/mol. The number of amides is 1. The molecule has 1 aliphatic carbocycles. The van der Waals surface area contributed by atoms with Gasteiger partial charge in [-0.2, -0.15) is 5.10 Å². The Kier molecular flexibility index (Phi) is 4.03. The number of aromatic amines is 1. The first-order valence-electron chi connectivity index (χ1n) is 8.75. The summed E-state index contributed by atoms with van der Waals surface area (Å²) in [7, 11) is 0. The Bertz CT molecular complexity index is 778. The van der Waals surface area contributed by atoms with Crippen molar-refractivity contribution in [1.29, 1.82) is 0 Å². The van der Waals surface area contributed by atoms with Crippen LogP contribution in [0.4, 0.5) is 0 Å². The van der Waals surface area contributed by atoms with Crippen molar-refractivity contribution in [2.75, 3.05) is 0 Å². The number of hydrogen-bond acceptors (Lipinski definition) is 4. The van der Waals surface area contributed by atoms with E-state index in [0.717, 1.165) is 42.5 Å². The van der Waals surface area contributed by atoms with E-state index >= 15 is 0 Å². The topological polar surface area (TPSA) is 84.1 Å². The Labute approximate surface area is 146 Å². The van der Waals surface area contributed by atoms with E-state index in [1.54, 1.807) is 6.20 Å². The molecule has 1 amide bonds. The second-order valence-corrected chi connectivity index (χ2v) is 6.86. The minimum absolute atomic E-state index is 0.104. The first kappa shape index (κ1) is 15.9. The van der Waals surface area contributed by atoms with Crippen LogP contribution in [0.5, 0.6) is 0 Å². The highest BCUT2D eigenvalue weighted by Crippen LogP contribution is 2.45. The second-order valence-electron chi connectivity index (χ2n) is 6.86. The van der Waals surface area contributed by atoms with Gasteiger partial charge in [0.05, 0.1) is 24.2 Å². The summed E-state index contributed by atoms with van der Waals surface area (Å²) in [6.07, 6.45) is 5.51. The molecule has 1 saturated carbocycles. The van der Waals surface area contributed by atoms with E-state index in [0.29, 0.717) is 6.54 Å². The van der Waals surface area contributed by atoms with Crippen LogP contribution >= 0.6 is 0 Å². The highest BCUT2D eigenvalue weighted by atomic mass is 16.6. The summed E-state index contributed by atoms with van der Waals surface area (Å²) in [6.45, 7) is 0.375. The van der Waals surface area contributed by atoms with Crippen molar-refractivity contribution in [2.24, 2.45) is 5.92 Å². The first-order valence-corrected chi connectivity index (χ1v) is 8.75. The van der Waals surface area contributed by atoms with Crippen LogP contribution in [0.1, 0.15) is 37.7 Å². The highest BCUT2D eigenvalue weighted by Gasteiger charge is 2.53. The van der Waals surface area contributed by atoms with E-state index < -0.39 is 5.60 Å². The monoisotopic (exact) mass is 339 g/mol. The molecule has 2 aromatic rings. The Balaban J connectivity index is 1.46. The predicted octanol–water partition coefficient (Wildman–Crippen LogP) is 2.57. The van der Waals surface area contributed by atoms with Crippen molar-refractivity contribution >= 4 is 11.9 Å². The molecule has 2 aliphatic rings. The fourth-order valence-electron chi connectivity index (χ4n) is 4.05. The fraction of sp³-hybridized carbons (Fsp3) is 0.421. The third-order valence-electron chi connectivity index (χ3n) is 5.32. The molecule has 1 saturated heterocycles. The third-order valence-corrected chi connectivity index (χ3v) is 5.32. The van der Waals surface area contributed by atoms with E-state index in [2.05, 4.69) is 15.5 Å². The summed E-state index contributed by atoms with van der Waals surface area (Å²) in [5.74, 6) is -0.738. The first-order chi connectivity index (χ1) is 12.2. The van der Waals surface area contributed by atoms with Crippen LogP contribution in [0.3, 0.4) is 0 Å². The van der Waals surface area contributed by atoms with Gasteiger partial charge in [-0.05, 0) is 31.2 Å². The van der Waals surface area contributed by atoms with Gasteiger partial charge < -0.3 is 10.1 Å². The van der Waals surface area contributed by atoms with Crippen molar-refractivity contribution in [3.8, 4) is 11.3 Å². The largest absolute Gasteiger partial charge is 0.458 e. The number of ether oxygens (including phenoxy) is 1. The van der Waals surface area contributed by atoms with Gasteiger partial charge in [0, 0.05) is 12.1 Å². The van der Waals surface area contributed by atoms with Crippen LogP contribution in [-0.2, 0) is 20.9 Å². The lowest BCUT2D eigenvalue weighted by atomic mass is 9.85. The van der Waals surface area contributed by atoms with Crippen LogP contribution in [0, 0.1) is 5.92 Å². The zero-order chi connectivity index (χ0) is 17.3. The molecule has 1 aromatic heterocycles. The molecule has 25 heavy (non-hydrogen) atoms. The van der Waals surface area contributed by atoms with Crippen LogP contribution in [0.2, 0.25) is 0 Å². The Morgan fingerprint density at radius 2 is 2.04 bits per heavy atom. The third kappa shape index (κ3) is 2.92. The molecule has 2 heterocycles. The fourth-order valence-corrected chi connectivity index (χ4v) is 4.05. The normalized spacial score (nSPS) is 21.4. The lowest BCUT2D eigenvalue weighted by Gasteiger charge is -2.27. The van der Waals surface area contributed by atoms with Crippen LogP contribution < -0.4 is 5.32 Å². The zero-order valence-corrected chi connectivity index (χ0v) is 14.0. The van der Waals surface area contributed by atoms with E-state index in [-0.39, 0.29) is 24.2 Å². The lowest BCUT2D eigenvalue weighted by Crippen LogP contribution is -2.42. The Morgan fingerprint density at radius 3 is 2.80 bits per heavy atom. The van der Waals surface area contributed by atoms with Crippen molar-refractivity contribution in [3.63, 3.8) is 0 Å². The van der Waals surface area contributed by atoms with Gasteiger partial charge in [-0.15, -0.1) is 0 Å². The van der Waals surface area contributed by atoms with Gasteiger partial charge in [-0.25, -0.2) is 0 Å². The van der Waals surface area contributed by atoms with Gasteiger partial charge in [0.2, 0.25) is 5.91 Å². The summed E-state index contributed by atoms with van der Waals surface area (Å²) in [4.78, 5) is 24.5. The number of benzene rings is 1. The molecular formula is C19H21N3O3. The molecule has 1 aliphatic heterocycles. The molecule has 0 bridgehead atoms. The standard InChI is InChI=1S/C19H21N3O3/c23-16-10-15(19(25-16)8-4-5-9-19)18(24)20-11-14-12-21-22-17(14)13-6-2-1-3-7-13/h1-3,6-7,12,15H,4-5,8-11H2,(H,20,24)(H,21,22). The number of rotatable bonds is 4. The average Bonchev–Trinajstić information content (AvgIpc) is 3.35. The highest BCUT2D eigenvalue weighted by molar-refractivity contribution is 5.88. The quantitative estimate of drug-likeness (QED) is 0.839. The lowest BCUT2D eigenvalue weighted by molar-refractivity contribution is -0.149. The zero-order valence-electron chi connectivity index (χ0n) is 14.0. The number of carbonyl (C=O) groups excluding carboxylic acids is 2. The number of esters is 1. The van der Waals surface area contributed by atoms with Gasteiger partial charge >= 0.3 is 5.97 Å². The maximum absolute atomic E-state index is 12.7. The van der Waals surface area contributed by atoms with Crippen molar-refractivity contribution in [2.45, 2.75) is 44.2 Å². The number of aromatic nitrogens is 2. The van der Waals surface area contributed by atoms with Crippen LogP contribution in [0.15, 0.2) is 36.5 Å². The summed E-state index contributed by atoms with van der Waals surface area (Å²) >= 11 is 0. The maximum atomic E-state index is 12.7. The van der Waals surface area contributed by atoms with E-state index in [1.165, 1.54) is 0 Å². The molecule has 1 aromatic carbocycles. The second kappa shape index (κ2) is 6.35. The molecule has 2 fully saturated rings. The smallest absolute Gasteiger partial charge is 0.307 e. The van der Waals surface area contributed by atoms with E-state index in [9.17, 15) is 9.59 Å². The summed E-state index contributed by atoms with van der Waals surface area (Å²) < 4.78 is 5.56. The van der Waals surface area contributed by atoms with Gasteiger partial charge in [0.15, 0.2) is 0 Å². The summed E-state index contributed by atoms with van der Waals surface area (Å²) in [5, 5.41) is 10.1. The molecule has 6 nitrogen and oxygen atoms in total. The Morgan fingerprint density at radius 1 is 1.28 bits per heavy atom. The maximum Gasteiger partial charge on any atom is 0.307 e. The molecule has 0 radical (unpaired) electrons. The SMILES string of the molecule is O=C1CC(C(=O)NCc2cn[nH]c2-c2ccccc2)C2(CCCC2)O1. The van der Waals surface area contributed by atoms with Crippen LogP contribution in [-0.4, -0.2) is 27.7 Å². The molecule has 6 heteroatoms. The number of H-pyrrole nitrogens is 1. The number of nitrogens with one attached hydrogen (secondary N) is 2. The molecule has 130 valence electrons. The van der Waals surface area contributed by atoms with Crippen LogP contribution in [0.25, 0.3) is 11.3 Å². The number of nitrogens with zero attached hydrogens (tertiary/aromatic N) is 1. The van der Waals surface area contributed by atoms with Gasteiger partial charge in [0.25, 0.3) is 0 Å². The van der Waals surface area contributed by atoms with E-state index in [4.69, 9.17) is 4.74 Å². The van der Waals surface area contributed by atoms with E-state index in [1.807, 2.05) is 30.3 Å². The molecule has 1 unspecified atom stereocenters. The van der Waals surface area contributed by atoms with Gasteiger partial charge in [-0.1, -0.05) is 30.3 Å². The van der Waals surface area contributed by atoms with Crippen molar-refractivity contribution in [1.82, 2.24) is 15.5 Å². The molecule has 1 atom stereocenters. The number of hydrogen-bond donors (Lipinski definition) is 2. The molecule has 4 rings (SSSR count). The van der Waals surface area contributed by atoms with Crippen molar-refractivity contribution < 1.29 is 14.3 Å². The van der Waals surface area contributed by atoms with Crippen molar-refractivity contribution in [3.05, 3.63) is 42.1 Å². The van der Waals surface area contributed by atoms with Gasteiger partial charge in [0.1, 0.15) is 5.60 Å². The molecular weight excluding hydrogens is 318 g/mol. The summed E-state index contributed by atoms with van der Waals surface area (Å²) in [5.41, 5.74) is 2.27. The minimum atomic E-state index is -0.570. The number of carbonyl (C=O) groups is 2. The molecule has 1 spiro atoms. The summed E-state index contributed by atoms with van der Waals surface area (Å²) in [6, 6.07) is 9.87. The predicted molar refractivity (Wildman–Crippen MR) is 91.3 cm³/mol. The Hall–Kier alpha value is -2.63. The minimum Gasteiger partial charge on any atom is -0.458 e. The van der Waals surface area contributed by atoms with Gasteiger partial charge in [-0.3, -0.25) is 14.7 Å². The molecule has 2 N–H and O–H groups in total.